The van der Waals surface area contributed by atoms with Gasteiger partial charge in [-0.3, -0.25) is 9.78 Å². The summed E-state index contributed by atoms with van der Waals surface area (Å²) < 4.78 is 31.6. The first-order valence-corrected chi connectivity index (χ1v) is 6.81. The number of halogens is 2. The molecule has 116 valence electrons. The van der Waals surface area contributed by atoms with Crippen molar-refractivity contribution >= 4 is 5.91 Å². The maximum absolute atomic E-state index is 13.5. The molecule has 1 amide bonds. The number of pyridine rings is 1. The summed E-state index contributed by atoms with van der Waals surface area (Å²) in [5.74, 6) is -0.795. The smallest absolute Gasteiger partial charge is 0.256 e. The minimum atomic E-state index is -0.637. The van der Waals surface area contributed by atoms with Crippen LogP contribution < -0.4 is 4.74 Å². The van der Waals surface area contributed by atoms with Crippen LogP contribution in [0.15, 0.2) is 42.7 Å². The maximum Gasteiger partial charge on any atom is 0.256 e. The first kappa shape index (κ1) is 15.9. The van der Waals surface area contributed by atoms with E-state index in [2.05, 4.69) is 4.98 Å². The summed E-state index contributed by atoms with van der Waals surface area (Å²) in [5.41, 5.74) is -0.00282. The van der Waals surface area contributed by atoms with Crippen molar-refractivity contribution in [2.24, 2.45) is 0 Å². The molecule has 0 bridgehead atoms. The van der Waals surface area contributed by atoms with Crippen LogP contribution in [0.2, 0.25) is 0 Å². The summed E-state index contributed by atoms with van der Waals surface area (Å²) in [6.07, 6.45) is 2.97. The molecule has 0 saturated carbocycles. The second-order valence-electron chi connectivity index (χ2n) is 4.74. The number of carbonyl (C=O) groups excluding carboxylic acids is 1. The number of aromatic nitrogens is 1. The van der Waals surface area contributed by atoms with Gasteiger partial charge in [-0.05, 0) is 36.8 Å². The summed E-state index contributed by atoms with van der Waals surface area (Å²) in [4.78, 5) is 17.1. The Hall–Kier alpha value is -2.50. The van der Waals surface area contributed by atoms with Crippen LogP contribution in [0.1, 0.15) is 16.8 Å². The van der Waals surface area contributed by atoms with Crippen molar-refractivity contribution in [3.63, 3.8) is 0 Å². The summed E-state index contributed by atoms with van der Waals surface area (Å²) in [6.45, 7) is 0.796. The second-order valence-corrected chi connectivity index (χ2v) is 4.74. The van der Waals surface area contributed by atoms with Crippen LogP contribution in [0.3, 0.4) is 0 Å². The molecule has 0 unspecified atom stereocenters. The van der Waals surface area contributed by atoms with Gasteiger partial charge < -0.3 is 9.64 Å². The minimum absolute atomic E-state index is 0.00282. The predicted octanol–water partition coefficient (Wildman–Crippen LogP) is 2.90. The Kier molecular flexibility index (Phi) is 5.41. The van der Waals surface area contributed by atoms with Crippen molar-refractivity contribution in [3.8, 4) is 5.75 Å². The molecule has 0 atom stereocenters. The highest BCUT2D eigenvalue weighted by Gasteiger charge is 2.15. The molecule has 0 aliphatic rings. The minimum Gasteiger partial charge on any atom is -0.494 e. The quantitative estimate of drug-likeness (QED) is 0.771. The van der Waals surface area contributed by atoms with Crippen LogP contribution in [0.5, 0.6) is 5.75 Å². The van der Waals surface area contributed by atoms with Gasteiger partial charge >= 0.3 is 0 Å². The van der Waals surface area contributed by atoms with Gasteiger partial charge in [-0.2, -0.15) is 0 Å². The molecule has 6 heteroatoms. The van der Waals surface area contributed by atoms with Gasteiger partial charge in [0.25, 0.3) is 5.91 Å². The monoisotopic (exact) mass is 306 g/mol. The Labute approximate surface area is 127 Å². The van der Waals surface area contributed by atoms with Crippen molar-refractivity contribution in [2.45, 2.75) is 6.42 Å². The lowest BCUT2D eigenvalue weighted by Crippen LogP contribution is -2.29. The van der Waals surface area contributed by atoms with Gasteiger partial charge in [0, 0.05) is 19.8 Å². The normalized spacial score (nSPS) is 10.3. The average Bonchev–Trinajstić information content (AvgIpc) is 2.53. The first-order valence-electron chi connectivity index (χ1n) is 6.81. The maximum atomic E-state index is 13.5. The van der Waals surface area contributed by atoms with Crippen LogP contribution in [-0.4, -0.2) is 36.0 Å². The van der Waals surface area contributed by atoms with Crippen molar-refractivity contribution in [3.05, 3.63) is 59.9 Å². The third kappa shape index (κ3) is 4.25. The molecule has 0 aliphatic heterocycles. The zero-order chi connectivity index (χ0) is 15.9. The molecule has 0 spiro atoms. The Bertz CT molecular complexity index is 632. The fourth-order valence-electron chi connectivity index (χ4n) is 1.88. The third-order valence-corrected chi connectivity index (χ3v) is 3.07. The van der Waals surface area contributed by atoms with E-state index in [1.165, 1.54) is 41.4 Å². The van der Waals surface area contributed by atoms with E-state index in [0.717, 1.165) is 6.20 Å². The number of rotatable bonds is 6. The van der Waals surface area contributed by atoms with Gasteiger partial charge in [-0.15, -0.1) is 0 Å². The Morgan fingerprint density at radius 2 is 1.95 bits per heavy atom. The van der Waals surface area contributed by atoms with Crippen LogP contribution in [0.4, 0.5) is 8.78 Å². The molecule has 0 N–H and O–H groups in total. The number of hydrogen-bond acceptors (Lipinski definition) is 3. The number of amides is 1. The van der Waals surface area contributed by atoms with Crippen molar-refractivity contribution in [1.82, 2.24) is 9.88 Å². The standard InChI is InChI=1S/C16H16F2N2O2/c1-20(16(21)14-7-8-19-11-15(14)18)9-2-10-22-13-5-3-12(17)4-6-13/h3-8,11H,2,9-10H2,1H3. The summed E-state index contributed by atoms with van der Waals surface area (Å²) in [6, 6.07) is 7.06. The Balaban J connectivity index is 1.78. The van der Waals surface area contributed by atoms with Gasteiger partial charge in [0.1, 0.15) is 11.6 Å². The highest BCUT2D eigenvalue weighted by molar-refractivity contribution is 5.94. The Morgan fingerprint density at radius 3 is 2.64 bits per heavy atom. The molecule has 1 aromatic heterocycles. The molecule has 4 nitrogen and oxygen atoms in total. The molecule has 0 aliphatic carbocycles. The van der Waals surface area contributed by atoms with Crippen molar-refractivity contribution < 1.29 is 18.3 Å². The van der Waals surface area contributed by atoms with E-state index >= 15 is 0 Å². The Morgan fingerprint density at radius 1 is 1.23 bits per heavy atom. The van der Waals surface area contributed by atoms with Gasteiger partial charge in [0.15, 0.2) is 5.82 Å². The molecular formula is C16H16F2N2O2. The lowest BCUT2D eigenvalue weighted by molar-refractivity contribution is 0.0783. The number of benzene rings is 1. The molecule has 2 aromatic rings. The van der Waals surface area contributed by atoms with Gasteiger partial charge in [-0.1, -0.05) is 0 Å². The van der Waals surface area contributed by atoms with E-state index in [1.807, 2.05) is 0 Å². The van der Waals surface area contributed by atoms with Gasteiger partial charge in [0.2, 0.25) is 0 Å². The fraction of sp³-hybridized carbons (Fsp3) is 0.250. The van der Waals surface area contributed by atoms with Crippen molar-refractivity contribution in [1.29, 1.82) is 0 Å². The highest BCUT2D eigenvalue weighted by Crippen LogP contribution is 2.12. The number of carbonyl (C=O) groups is 1. The van der Waals surface area contributed by atoms with E-state index in [0.29, 0.717) is 25.3 Å². The fourth-order valence-corrected chi connectivity index (χ4v) is 1.88. The number of ether oxygens (including phenoxy) is 1. The van der Waals surface area contributed by atoms with Crippen LogP contribution >= 0.6 is 0 Å². The molecule has 0 saturated heterocycles. The van der Waals surface area contributed by atoms with Crippen molar-refractivity contribution in [2.75, 3.05) is 20.2 Å². The van der Waals surface area contributed by atoms with E-state index < -0.39 is 11.7 Å². The third-order valence-electron chi connectivity index (χ3n) is 3.07. The van der Waals surface area contributed by atoms with E-state index in [4.69, 9.17) is 4.74 Å². The topological polar surface area (TPSA) is 42.4 Å². The first-order chi connectivity index (χ1) is 10.6. The summed E-state index contributed by atoms with van der Waals surface area (Å²) in [5, 5.41) is 0. The summed E-state index contributed by atoms with van der Waals surface area (Å²) >= 11 is 0. The van der Waals surface area contributed by atoms with Gasteiger partial charge in [-0.25, -0.2) is 8.78 Å². The zero-order valence-corrected chi connectivity index (χ0v) is 12.1. The van der Waals surface area contributed by atoms with E-state index in [-0.39, 0.29) is 11.4 Å². The summed E-state index contributed by atoms with van der Waals surface area (Å²) in [7, 11) is 1.60. The lowest BCUT2D eigenvalue weighted by atomic mass is 10.2. The molecule has 0 radical (unpaired) electrons. The molecule has 1 aromatic carbocycles. The molecular weight excluding hydrogens is 290 g/mol. The SMILES string of the molecule is CN(CCCOc1ccc(F)cc1)C(=O)c1ccncc1F. The molecule has 2 rings (SSSR count). The number of hydrogen-bond donors (Lipinski definition) is 0. The molecule has 22 heavy (non-hydrogen) atoms. The lowest BCUT2D eigenvalue weighted by Gasteiger charge is -2.17. The average molecular weight is 306 g/mol. The number of nitrogens with zero attached hydrogens (tertiary/aromatic N) is 2. The second kappa shape index (κ2) is 7.49. The highest BCUT2D eigenvalue weighted by atomic mass is 19.1. The zero-order valence-electron chi connectivity index (χ0n) is 12.1. The molecule has 1 heterocycles. The molecule has 0 fully saturated rings. The largest absolute Gasteiger partial charge is 0.494 e. The van der Waals surface area contributed by atoms with Crippen LogP contribution in [-0.2, 0) is 0 Å². The van der Waals surface area contributed by atoms with Crippen LogP contribution in [0.25, 0.3) is 0 Å². The van der Waals surface area contributed by atoms with Crippen LogP contribution in [0, 0.1) is 11.6 Å². The van der Waals surface area contributed by atoms with Gasteiger partial charge in [0.05, 0.1) is 18.4 Å². The van der Waals surface area contributed by atoms with E-state index in [1.54, 1.807) is 7.05 Å². The predicted molar refractivity (Wildman–Crippen MR) is 77.7 cm³/mol. The van der Waals surface area contributed by atoms with E-state index in [9.17, 15) is 13.6 Å².